The molecule has 11 heteroatoms. The Hall–Kier alpha value is -3.47. The van der Waals surface area contributed by atoms with Crippen molar-refractivity contribution in [2.45, 2.75) is 12.7 Å². The minimum atomic E-state index is -4.57. The minimum Gasteiger partial charge on any atom is -0.322 e. The summed E-state index contributed by atoms with van der Waals surface area (Å²) < 4.78 is 38.9. The monoisotopic (exact) mass is 533 g/mol. The fourth-order valence-electron chi connectivity index (χ4n) is 3.42. The van der Waals surface area contributed by atoms with Crippen molar-refractivity contribution in [1.82, 2.24) is 14.8 Å². The number of hydrogen-bond donors (Lipinski definition) is 2. The van der Waals surface area contributed by atoms with E-state index in [1.54, 1.807) is 6.20 Å². The van der Waals surface area contributed by atoms with Gasteiger partial charge in [0.05, 0.1) is 28.0 Å². The number of rotatable bonds is 9. The van der Waals surface area contributed by atoms with Crippen molar-refractivity contribution in [2.24, 2.45) is 0 Å². The van der Waals surface area contributed by atoms with Gasteiger partial charge in [-0.1, -0.05) is 17.7 Å². The molecule has 37 heavy (non-hydrogen) atoms. The number of nitrogens with zero attached hydrogens (tertiary/aromatic N) is 3. The van der Waals surface area contributed by atoms with Gasteiger partial charge in [0.2, 0.25) is 0 Å². The summed E-state index contributed by atoms with van der Waals surface area (Å²) in [6.07, 6.45) is -1.34. The molecular formula is C26H27ClF3N5O2. The van der Waals surface area contributed by atoms with Crippen LogP contribution >= 0.6 is 11.6 Å². The Morgan fingerprint density at radius 1 is 0.919 bits per heavy atom. The third kappa shape index (κ3) is 8.28. The van der Waals surface area contributed by atoms with Gasteiger partial charge in [0, 0.05) is 37.1 Å². The van der Waals surface area contributed by atoms with E-state index in [2.05, 4.69) is 25.4 Å². The highest BCUT2D eigenvalue weighted by molar-refractivity contribution is 6.34. The Morgan fingerprint density at radius 3 is 2.35 bits per heavy atom. The van der Waals surface area contributed by atoms with Crippen LogP contribution in [-0.2, 0) is 12.7 Å². The fraction of sp³-hybridized carbons (Fsp3) is 0.269. The summed E-state index contributed by atoms with van der Waals surface area (Å²) in [7, 11) is 6.00. The summed E-state index contributed by atoms with van der Waals surface area (Å²) >= 11 is 6.22. The first-order valence-electron chi connectivity index (χ1n) is 11.3. The predicted octanol–water partition coefficient (Wildman–Crippen LogP) is 5.25. The maximum atomic E-state index is 13.0. The Labute approximate surface area is 218 Å². The molecule has 2 amide bonds. The quantitative estimate of drug-likeness (QED) is 0.393. The Kier molecular flexibility index (Phi) is 9.25. The molecule has 0 saturated heterocycles. The zero-order chi connectivity index (χ0) is 27.2. The molecule has 0 radical (unpaired) electrons. The van der Waals surface area contributed by atoms with E-state index in [0.29, 0.717) is 12.2 Å². The van der Waals surface area contributed by atoms with Gasteiger partial charge in [0.1, 0.15) is 0 Å². The number of halogens is 4. The van der Waals surface area contributed by atoms with E-state index in [1.165, 1.54) is 30.5 Å². The van der Waals surface area contributed by atoms with Gasteiger partial charge >= 0.3 is 6.18 Å². The van der Waals surface area contributed by atoms with Crippen LogP contribution in [0.15, 0.2) is 60.9 Å². The maximum absolute atomic E-state index is 13.0. The summed E-state index contributed by atoms with van der Waals surface area (Å²) in [5, 5.41) is 5.40. The SMILES string of the molecule is CN(C)CCN(C)Cc1cncc(NC(=O)c2cc(NC(=O)c3cccc(C(F)(F)F)c3)ccc2Cl)c1. The van der Waals surface area contributed by atoms with Crippen molar-refractivity contribution in [3.05, 3.63) is 88.2 Å². The molecule has 196 valence electrons. The number of nitrogens with one attached hydrogen (secondary N) is 2. The molecule has 0 aliphatic rings. The van der Waals surface area contributed by atoms with E-state index in [-0.39, 0.29) is 21.8 Å². The molecule has 0 aliphatic carbocycles. The largest absolute Gasteiger partial charge is 0.416 e. The smallest absolute Gasteiger partial charge is 0.322 e. The number of aromatic nitrogens is 1. The Bertz CT molecular complexity index is 1270. The van der Waals surface area contributed by atoms with Gasteiger partial charge in [-0.2, -0.15) is 13.2 Å². The average molecular weight is 534 g/mol. The summed E-state index contributed by atoms with van der Waals surface area (Å²) in [4.78, 5) is 33.9. The lowest BCUT2D eigenvalue weighted by Crippen LogP contribution is -2.28. The number of carbonyl (C=O) groups is 2. The molecule has 3 aromatic rings. The van der Waals surface area contributed by atoms with Gasteiger partial charge < -0.3 is 20.4 Å². The lowest BCUT2D eigenvalue weighted by atomic mass is 10.1. The van der Waals surface area contributed by atoms with Gasteiger partial charge in [-0.3, -0.25) is 14.6 Å². The van der Waals surface area contributed by atoms with E-state index in [0.717, 1.165) is 36.9 Å². The van der Waals surface area contributed by atoms with Crippen LogP contribution < -0.4 is 10.6 Å². The number of hydrogen-bond acceptors (Lipinski definition) is 5. The lowest BCUT2D eigenvalue weighted by molar-refractivity contribution is -0.137. The normalized spacial score (nSPS) is 11.6. The number of amides is 2. The molecule has 2 aromatic carbocycles. The average Bonchev–Trinajstić information content (AvgIpc) is 2.83. The van der Waals surface area contributed by atoms with Crippen molar-refractivity contribution in [3.63, 3.8) is 0 Å². The topological polar surface area (TPSA) is 77.6 Å². The molecule has 0 aliphatic heterocycles. The van der Waals surface area contributed by atoms with Gasteiger partial charge in [-0.05, 0) is 69.2 Å². The molecule has 1 aromatic heterocycles. The van der Waals surface area contributed by atoms with Crippen molar-refractivity contribution >= 4 is 34.8 Å². The molecule has 3 rings (SSSR count). The fourth-order valence-corrected chi connectivity index (χ4v) is 3.62. The summed E-state index contributed by atoms with van der Waals surface area (Å²) in [5.41, 5.74) is 0.555. The number of pyridine rings is 1. The standard InChI is InChI=1S/C26H27ClF3N5O2/c1-34(2)9-10-35(3)16-17-11-21(15-31-14-17)33-25(37)22-13-20(7-8-23(22)27)32-24(36)18-5-4-6-19(12-18)26(28,29)30/h4-8,11-15H,9-10,16H2,1-3H3,(H,32,36)(H,33,37). The van der Waals surface area contributed by atoms with Crippen LogP contribution in [0.4, 0.5) is 24.5 Å². The first-order valence-corrected chi connectivity index (χ1v) is 11.7. The van der Waals surface area contributed by atoms with E-state index < -0.39 is 23.6 Å². The molecule has 1 heterocycles. The Morgan fingerprint density at radius 2 is 1.65 bits per heavy atom. The molecular weight excluding hydrogens is 507 g/mol. The molecule has 0 spiro atoms. The van der Waals surface area contributed by atoms with E-state index in [1.807, 2.05) is 27.2 Å². The van der Waals surface area contributed by atoms with Crippen LogP contribution in [0.5, 0.6) is 0 Å². The summed E-state index contributed by atoms with van der Waals surface area (Å²) in [6.45, 7) is 2.40. The van der Waals surface area contributed by atoms with Crippen molar-refractivity contribution in [3.8, 4) is 0 Å². The van der Waals surface area contributed by atoms with Crippen molar-refractivity contribution in [1.29, 1.82) is 0 Å². The highest BCUT2D eigenvalue weighted by atomic mass is 35.5. The number of alkyl halides is 3. The van der Waals surface area contributed by atoms with Crippen LogP contribution in [0.2, 0.25) is 5.02 Å². The number of anilines is 2. The molecule has 0 atom stereocenters. The molecule has 7 nitrogen and oxygen atoms in total. The highest BCUT2D eigenvalue weighted by Gasteiger charge is 2.31. The molecule has 0 fully saturated rings. The minimum absolute atomic E-state index is 0.0806. The zero-order valence-electron chi connectivity index (χ0n) is 20.6. The third-order valence-corrected chi connectivity index (χ3v) is 5.68. The predicted molar refractivity (Wildman–Crippen MR) is 138 cm³/mol. The molecule has 0 saturated carbocycles. The molecule has 0 bridgehead atoms. The number of likely N-dealkylation sites (N-methyl/N-ethyl adjacent to an activating group) is 2. The second-order valence-corrected chi connectivity index (χ2v) is 9.21. The molecule has 0 unspecified atom stereocenters. The van der Waals surface area contributed by atoms with Gasteiger partial charge in [-0.15, -0.1) is 0 Å². The van der Waals surface area contributed by atoms with Crippen molar-refractivity contribution < 1.29 is 22.8 Å². The number of carbonyl (C=O) groups excluding carboxylic acids is 2. The van der Waals surface area contributed by atoms with Gasteiger partial charge in [0.25, 0.3) is 11.8 Å². The van der Waals surface area contributed by atoms with E-state index in [9.17, 15) is 22.8 Å². The second-order valence-electron chi connectivity index (χ2n) is 8.80. The lowest BCUT2D eigenvalue weighted by Gasteiger charge is -2.19. The van der Waals surface area contributed by atoms with Gasteiger partial charge in [0.15, 0.2) is 0 Å². The highest BCUT2D eigenvalue weighted by Crippen LogP contribution is 2.30. The van der Waals surface area contributed by atoms with Crippen LogP contribution in [0.1, 0.15) is 31.8 Å². The first-order chi connectivity index (χ1) is 17.4. The van der Waals surface area contributed by atoms with Crippen LogP contribution in [0.25, 0.3) is 0 Å². The van der Waals surface area contributed by atoms with Crippen LogP contribution in [0.3, 0.4) is 0 Å². The van der Waals surface area contributed by atoms with Crippen LogP contribution in [-0.4, -0.2) is 60.8 Å². The zero-order valence-corrected chi connectivity index (χ0v) is 21.3. The summed E-state index contributed by atoms with van der Waals surface area (Å²) in [5.74, 6) is -1.28. The van der Waals surface area contributed by atoms with Crippen LogP contribution in [0, 0.1) is 0 Å². The maximum Gasteiger partial charge on any atom is 0.416 e. The molecule has 2 N–H and O–H groups in total. The van der Waals surface area contributed by atoms with Crippen molar-refractivity contribution in [2.75, 3.05) is 44.9 Å². The second kappa shape index (κ2) is 12.2. The first kappa shape index (κ1) is 28.1. The third-order valence-electron chi connectivity index (χ3n) is 5.36. The Balaban J connectivity index is 1.70. The number of benzene rings is 2. The summed E-state index contributed by atoms with van der Waals surface area (Å²) in [6, 6.07) is 10.1. The van der Waals surface area contributed by atoms with E-state index in [4.69, 9.17) is 11.6 Å². The van der Waals surface area contributed by atoms with E-state index >= 15 is 0 Å². The van der Waals surface area contributed by atoms with Gasteiger partial charge in [-0.25, -0.2) is 0 Å².